The lowest BCUT2D eigenvalue weighted by atomic mass is 9.82. The molecule has 2 bridgehead atoms. The number of aliphatic hydroxyl groups excluding tert-OH is 5. The zero-order chi connectivity index (χ0) is 55.2. The quantitative estimate of drug-likeness (QED) is 0.0187. The van der Waals surface area contributed by atoms with E-state index in [1.807, 2.05) is 6.92 Å². The van der Waals surface area contributed by atoms with Gasteiger partial charge in [-0.05, 0) is 37.7 Å². The lowest BCUT2D eigenvalue weighted by molar-refractivity contribution is -0.195. The third-order valence-electron chi connectivity index (χ3n) is 13.9. The van der Waals surface area contributed by atoms with Gasteiger partial charge in [-0.25, -0.2) is 13.9 Å². The maximum absolute atomic E-state index is 13.4. The highest BCUT2D eigenvalue weighted by molar-refractivity contribution is 7.61. The first kappa shape index (κ1) is 66.7. The van der Waals surface area contributed by atoms with Gasteiger partial charge in [-0.15, -0.1) is 0 Å². The fourth-order valence-electron chi connectivity index (χ4n) is 9.46. The summed E-state index contributed by atoms with van der Waals surface area (Å²) >= 11 is 0. The van der Waals surface area contributed by atoms with Crippen molar-refractivity contribution in [3.63, 3.8) is 0 Å². The largest absolute Gasteiger partial charge is 0.481 e. The number of hydrogen-bond donors (Lipinski definition) is 8. The number of hydrogen-bond acceptors (Lipinski definition) is 18. The molecule has 12 atom stereocenters. The average Bonchev–Trinajstić information content (AvgIpc) is 3.33. The molecule has 434 valence electrons. The summed E-state index contributed by atoms with van der Waals surface area (Å²) in [6.45, 7) is 3.89. The number of carbonyl (C=O) groups excluding carboxylic acids is 2. The van der Waals surface area contributed by atoms with Crippen LogP contribution in [0, 0.1) is 17.8 Å². The van der Waals surface area contributed by atoms with E-state index in [1.165, 1.54) is 88.6 Å². The van der Waals surface area contributed by atoms with Gasteiger partial charge in [0.05, 0.1) is 37.6 Å². The molecule has 0 amide bonds. The van der Waals surface area contributed by atoms with Gasteiger partial charge in [-0.2, -0.15) is 9.29 Å². The van der Waals surface area contributed by atoms with Gasteiger partial charge >= 0.3 is 33.3 Å². The Morgan fingerprint density at radius 3 is 2.01 bits per heavy atom. The molecule has 2 saturated heterocycles. The standard InChI is InChI=1S/C52H93N3O18P2/c1-4-5-20-26-39(56)30-31-41-43(57)34-44(58)42-27-22-18-19-24-29-48(60)71-40(35-68-47(59)28-23-17-15-13-11-9-7-6-8-10-12-14-16-21-25-38(2)3)36-69-74(64,65)73-75(66,67)70-37-45(50(62)49(41)61)72-51(42)55-33-32-46(53)54-52(55)63/h30-33,38-45,49-51,56-58,61-62H,4-29,34-37H2,1-3H3,(H,64,65)(H,66,67)(H2,53,54,63)/b31-30-/t39-,40+,41-,42-,43+,44-,45+,49-,50+,51+/m0/s1. The number of nitrogens with two attached hydrogens (primary N) is 1. The molecule has 2 aliphatic rings. The summed E-state index contributed by atoms with van der Waals surface area (Å²) in [4.78, 5) is 64.3. The molecule has 1 aromatic rings. The molecule has 0 saturated carbocycles. The second-order valence-corrected chi connectivity index (χ2v) is 23.9. The van der Waals surface area contributed by atoms with Gasteiger partial charge in [0.2, 0.25) is 0 Å². The fourth-order valence-corrected chi connectivity index (χ4v) is 11.6. The monoisotopic (exact) mass is 1110 g/mol. The molecule has 2 fully saturated rings. The molecule has 3 rings (SSSR count). The zero-order valence-electron chi connectivity index (χ0n) is 44.9. The van der Waals surface area contributed by atoms with Gasteiger partial charge in [-0.1, -0.05) is 161 Å². The summed E-state index contributed by atoms with van der Waals surface area (Å²) in [6, 6.07) is 1.26. The van der Waals surface area contributed by atoms with Crippen molar-refractivity contribution < 1.29 is 81.6 Å². The van der Waals surface area contributed by atoms with Crippen LogP contribution in [0.25, 0.3) is 0 Å². The van der Waals surface area contributed by atoms with Crippen LogP contribution in [-0.4, -0.2) is 119 Å². The highest BCUT2D eigenvalue weighted by Gasteiger charge is 2.45. The van der Waals surface area contributed by atoms with Crippen molar-refractivity contribution in [2.45, 2.75) is 243 Å². The summed E-state index contributed by atoms with van der Waals surface area (Å²) in [5.74, 6) is -3.17. The summed E-state index contributed by atoms with van der Waals surface area (Å²) in [5.41, 5.74) is 4.82. The fraction of sp³-hybridized carbons (Fsp3) is 0.846. The summed E-state index contributed by atoms with van der Waals surface area (Å²) in [7, 11) is -11.3. The Bertz CT molecular complexity index is 1940. The molecule has 1 aromatic heterocycles. The van der Waals surface area contributed by atoms with Crippen LogP contribution in [0.1, 0.15) is 200 Å². The molecule has 2 unspecified atom stereocenters. The normalized spacial score (nSPS) is 29.7. The predicted octanol–water partition coefficient (Wildman–Crippen LogP) is 8.24. The van der Waals surface area contributed by atoms with Crippen molar-refractivity contribution in [2.75, 3.05) is 25.6 Å². The van der Waals surface area contributed by atoms with Crippen molar-refractivity contribution in [1.82, 2.24) is 9.55 Å². The Morgan fingerprint density at radius 1 is 0.813 bits per heavy atom. The van der Waals surface area contributed by atoms with Crippen LogP contribution < -0.4 is 11.4 Å². The second-order valence-electron chi connectivity index (χ2n) is 20.9. The molecule has 0 aromatic carbocycles. The van der Waals surface area contributed by atoms with Gasteiger partial charge in [0.25, 0.3) is 0 Å². The molecule has 75 heavy (non-hydrogen) atoms. The summed E-state index contributed by atoms with van der Waals surface area (Å²) in [5, 5.41) is 57.5. The van der Waals surface area contributed by atoms with E-state index in [-0.39, 0.29) is 25.1 Å². The molecular formula is C52H93N3O18P2. The topological polar surface area (TPSA) is 326 Å². The number of anilines is 1. The van der Waals surface area contributed by atoms with Crippen LogP contribution >= 0.6 is 15.6 Å². The number of nitrogens with zero attached hydrogens (tertiary/aromatic N) is 2. The third kappa shape index (κ3) is 27.7. The van der Waals surface area contributed by atoms with Crippen molar-refractivity contribution in [3.05, 3.63) is 34.9 Å². The maximum atomic E-state index is 13.4. The molecular weight excluding hydrogens is 1020 g/mol. The van der Waals surface area contributed by atoms with Crippen molar-refractivity contribution in [2.24, 2.45) is 17.8 Å². The number of carbonyl (C=O) groups is 2. The highest BCUT2D eigenvalue weighted by Crippen LogP contribution is 2.60. The summed E-state index contributed by atoms with van der Waals surface area (Å²) in [6.07, 6.45) is 12.4. The Hall–Kier alpha value is -2.62. The molecule has 0 aliphatic carbocycles. The number of esters is 2. The van der Waals surface area contributed by atoms with E-state index in [0.717, 1.165) is 49.0 Å². The van der Waals surface area contributed by atoms with Gasteiger partial charge in [0.15, 0.2) is 6.10 Å². The van der Waals surface area contributed by atoms with E-state index in [4.69, 9.17) is 29.0 Å². The minimum absolute atomic E-state index is 0.0918. The number of ether oxygens (including phenoxy) is 3. The highest BCUT2D eigenvalue weighted by atomic mass is 31.3. The van der Waals surface area contributed by atoms with Crippen LogP contribution in [-0.2, 0) is 46.3 Å². The number of phosphoric acid groups is 2. The molecule has 2 aliphatic heterocycles. The SMILES string of the molecule is CCCCC[C@H](O)/C=C\[C@@H]1[C@H](O)[C@H](O)[C@H]2COP(=O)(O)OP(=O)(O)OC[C@@H](COC(=O)CCCCCCCCCCCCCCCCC(C)C)OC(=O)CCCCCC[C@H]([C@H](n3ccc(N)nc3=O)O2)[C@@H](O)C[C@H]1O. The molecule has 0 spiro atoms. The van der Waals surface area contributed by atoms with Crippen LogP contribution in [0.5, 0.6) is 0 Å². The Labute approximate surface area is 444 Å². The number of aliphatic hydroxyl groups is 5. The number of rotatable bonds is 26. The number of fused-ring (bicyclic) bond motifs is 3. The smallest absolute Gasteiger partial charge is 0.462 e. The van der Waals surface area contributed by atoms with Crippen molar-refractivity contribution >= 4 is 33.4 Å². The van der Waals surface area contributed by atoms with E-state index >= 15 is 0 Å². The van der Waals surface area contributed by atoms with Crippen LogP contribution in [0.3, 0.4) is 0 Å². The number of cyclic esters (lactones) is 1. The van der Waals surface area contributed by atoms with Gasteiger partial charge in [0, 0.05) is 37.3 Å². The second kappa shape index (κ2) is 36.5. The zero-order valence-corrected chi connectivity index (χ0v) is 46.6. The van der Waals surface area contributed by atoms with Crippen LogP contribution in [0.15, 0.2) is 29.2 Å². The Kier molecular flexibility index (Phi) is 32.5. The molecule has 9 N–H and O–H groups in total. The van der Waals surface area contributed by atoms with Gasteiger partial charge < -0.3 is 55.3 Å². The molecule has 0 radical (unpaired) electrons. The Morgan fingerprint density at radius 2 is 1.40 bits per heavy atom. The van der Waals surface area contributed by atoms with E-state index in [2.05, 4.69) is 23.1 Å². The van der Waals surface area contributed by atoms with E-state index in [9.17, 15) is 58.8 Å². The molecule has 23 heteroatoms. The maximum Gasteiger partial charge on any atom is 0.481 e. The minimum atomic E-state index is -5.69. The number of unbranched alkanes of at least 4 members (excludes halogenated alkanes) is 15. The summed E-state index contributed by atoms with van der Waals surface area (Å²) < 4.78 is 59.2. The van der Waals surface area contributed by atoms with Gasteiger partial charge in [-0.3, -0.25) is 23.2 Å². The first-order valence-corrected chi connectivity index (χ1v) is 30.8. The lowest BCUT2D eigenvalue weighted by Crippen LogP contribution is -2.52. The van der Waals surface area contributed by atoms with Gasteiger partial charge in [0.1, 0.15) is 30.9 Å². The van der Waals surface area contributed by atoms with E-state index in [0.29, 0.717) is 44.9 Å². The van der Waals surface area contributed by atoms with Crippen LogP contribution in [0.4, 0.5) is 5.82 Å². The number of nitrogen functional groups attached to an aromatic ring is 1. The van der Waals surface area contributed by atoms with Crippen molar-refractivity contribution in [1.29, 1.82) is 0 Å². The average molecular weight is 1110 g/mol. The third-order valence-corrected chi connectivity index (χ3v) is 16.5. The minimum Gasteiger partial charge on any atom is -0.462 e. The molecule has 3 heterocycles. The van der Waals surface area contributed by atoms with Crippen molar-refractivity contribution in [3.8, 4) is 0 Å². The molecule has 21 nitrogen and oxygen atoms in total. The number of phosphoric ester groups is 2. The first-order chi connectivity index (χ1) is 35.7. The van der Waals surface area contributed by atoms with E-state index < -0.39 is 120 Å². The Balaban J connectivity index is 1.70. The predicted molar refractivity (Wildman–Crippen MR) is 282 cm³/mol. The van der Waals surface area contributed by atoms with Crippen LogP contribution in [0.2, 0.25) is 0 Å². The van der Waals surface area contributed by atoms with E-state index in [1.54, 1.807) is 0 Å². The first-order valence-electron chi connectivity index (χ1n) is 27.8. The number of aromatic nitrogens is 2. The lowest BCUT2D eigenvalue weighted by Gasteiger charge is -2.41.